The molecule has 0 aliphatic carbocycles. The second-order valence-electron chi connectivity index (χ2n) is 10.4. The number of para-hydroxylation sites is 1. The average molecular weight is 580 g/mol. The molecule has 0 saturated heterocycles. The van der Waals surface area contributed by atoms with Crippen LogP contribution in [0.1, 0.15) is 25.0 Å². The lowest BCUT2D eigenvalue weighted by atomic mass is 10.0. The van der Waals surface area contributed by atoms with Crippen molar-refractivity contribution in [2.45, 2.75) is 50.0 Å². The molecule has 0 radical (unpaired) electrons. The summed E-state index contributed by atoms with van der Waals surface area (Å²) in [6, 6.07) is 26.2. The van der Waals surface area contributed by atoms with Crippen LogP contribution in [0.25, 0.3) is 0 Å². The van der Waals surface area contributed by atoms with Crippen LogP contribution in [-0.2, 0) is 27.4 Å². The van der Waals surface area contributed by atoms with Gasteiger partial charge in [0.2, 0.25) is 0 Å². The molecule has 220 valence electrons. The molecule has 0 aromatic heterocycles. The summed E-state index contributed by atoms with van der Waals surface area (Å²) >= 11 is 1.53. The van der Waals surface area contributed by atoms with E-state index in [1.165, 1.54) is 11.9 Å². The lowest BCUT2D eigenvalue weighted by Gasteiger charge is -2.31. The van der Waals surface area contributed by atoms with E-state index in [0.717, 1.165) is 21.7 Å². The quantitative estimate of drug-likeness (QED) is 0.164. The molecule has 0 aliphatic rings. The van der Waals surface area contributed by atoms with E-state index in [4.69, 9.17) is 4.74 Å². The van der Waals surface area contributed by atoms with Crippen molar-refractivity contribution in [2.24, 2.45) is 5.92 Å². The largest absolute Gasteiger partial charge is 0.453 e. The third-order valence-corrected chi connectivity index (χ3v) is 7.58. The van der Waals surface area contributed by atoms with Gasteiger partial charge in [-0.25, -0.2) is 4.31 Å². The third-order valence-electron chi connectivity index (χ3n) is 6.54. The lowest BCUT2D eigenvalue weighted by molar-refractivity contribution is -0.145. The van der Waals surface area contributed by atoms with Crippen LogP contribution < -0.4 is 10.2 Å². The molecule has 3 atom stereocenters. The Balaban J connectivity index is 1.77. The van der Waals surface area contributed by atoms with E-state index in [-0.39, 0.29) is 19.6 Å². The van der Waals surface area contributed by atoms with Gasteiger partial charge in [0.15, 0.2) is 6.10 Å². The summed E-state index contributed by atoms with van der Waals surface area (Å²) in [4.78, 5) is 27.6. The Labute approximate surface area is 247 Å². The highest BCUT2D eigenvalue weighted by Gasteiger charge is 2.29. The first kappa shape index (κ1) is 32.1. The van der Waals surface area contributed by atoms with E-state index < -0.39 is 24.2 Å². The molecule has 0 aliphatic heterocycles. The number of benzene rings is 3. The smallest absolute Gasteiger partial charge is 0.293 e. The second kappa shape index (κ2) is 16.8. The zero-order chi connectivity index (χ0) is 29.6. The van der Waals surface area contributed by atoms with Crippen molar-refractivity contribution in [2.75, 3.05) is 31.6 Å². The Morgan fingerprint density at radius 2 is 1.56 bits per heavy atom. The van der Waals surface area contributed by atoms with Crippen LogP contribution in [0, 0.1) is 5.92 Å². The van der Waals surface area contributed by atoms with Crippen molar-refractivity contribution in [3.63, 3.8) is 0 Å². The highest BCUT2D eigenvalue weighted by molar-refractivity contribution is 7.97. The van der Waals surface area contributed by atoms with Crippen LogP contribution in [0.2, 0.25) is 0 Å². The summed E-state index contributed by atoms with van der Waals surface area (Å²) in [5, 5.41) is 23.9. The van der Waals surface area contributed by atoms with E-state index in [0.29, 0.717) is 25.4 Å². The Morgan fingerprint density at radius 3 is 2.15 bits per heavy atom. The zero-order valence-corrected chi connectivity index (χ0v) is 24.7. The Bertz CT molecular complexity index is 1180. The minimum absolute atomic E-state index is 0.0177. The van der Waals surface area contributed by atoms with Crippen LogP contribution in [0.15, 0.2) is 89.8 Å². The van der Waals surface area contributed by atoms with Crippen molar-refractivity contribution in [3.05, 3.63) is 96.1 Å². The van der Waals surface area contributed by atoms with Gasteiger partial charge in [-0.1, -0.05) is 74.5 Å². The molecular weight excluding hydrogens is 538 g/mol. The summed E-state index contributed by atoms with van der Waals surface area (Å²) < 4.78 is 7.30. The van der Waals surface area contributed by atoms with Crippen LogP contribution in [0.3, 0.4) is 0 Å². The fourth-order valence-corrected chi connectivity index (χ4v) is 5.57. The predicted molar refractivity (Wildman–Crippen MR) is 163 cm³/mol. The fraction of sp³-hybridized carbons (Fsp3) is 0.375. The minimum atomic E-state index is -1.06. The molecule has 3 unspecified atom stereocenters. The summed E-state index contributed by atoms with van der Waals surface area (Å²) in [6.07, 6.45) is -1.57. The molecule has 0 heterocycles. The SMILES string of the molecule is CC(C)CN(CC(O)C(Cc1ccccc1)NC(=O)C(CN(C)c1ccccc1)OC=O)Sc1ccc(CO)cc1. The number of hydrogen-bond acceptors (Lipinski definition) is 8. The number of hydrogen-bond donors (Lipinski definition) is 3. The normalized spacial score (nSPS) is 13.4. The minimum Gasteiger partial charge on any atom is -0.453 e. The molecular formula is C32H41N3O5S. The number of carbonyl (C=O) groups is 2. The van der Waals surface area contributed by atoms with Crippen LogP contribution in [-0.4, -0.2) is 71.8 Å². The summed E-state index contributed by atoms with van der Waals surface area (Å²) in [5.74, 6) is -0.130. The number of anilines is 1. The molecule has 3 N–H and O–H groups in total. The number of amides is 1. The molecule has 0 saturated carbocycles. The third kappa shape index (κ3) is 10.8. The summed E-state index contributed by atoms with van der Waals surface area (Å²) in [6.45, 7) is 5.66. The number of carbonyl (C=O) groups excluding carboxylic acids is 2. The number of ether oxygens (including phenoxy) is 1. The van der Waals surface area contributed by atoms with E-state index in [1.54, 1.807) is 0 Å². The maximum Gasteiger partial charge on any atom is 0.293 e. The van der Waals surface area contributed by atoms with E-state index in [2.05, 4.69) is 23.5 Å². The van der Waals surface area contributed by atoms with E-state index in [9.17, 15) is 19.8 Å². The number of nitrogens with zero attached hydrogens (tertiary/aromatic N) is 2. The average Bonchev–Trinajstić information content (AvgIpc) is 2.97. The molecule has 3 aromatic carbocycles. The summed E-state index contributed by atoms with van der Waals surface area (Å²) in [7, 11) is 1.83. The standard InChI is InChI=1S/C32H41N3O5S/c1-24(2)19-35(41-28-16-14-26(22-36)15-17-28)20-30(38)29(18-25-10-6-4-7-11-25)33-32(39)31(40-23-37)21-34(3)27-12-8-5-9-13-27/h4-17,23-24,29-31,36,38H,18-22H2,1-3H3,(H,33,39). The number of nitrogens with one attached hydrogen (secondary N) is 1. The Hall–Kier alpha value is -3.37. The van der Waals surface area contributed by atoms with Crippen LogP contribution >= 0.6 is 11.9 Å². The first-order valence-corrected chi connectivity index (χ1v) is 14.6. The van der Waals surface area contributed by atoms with E-state index in [1.807, 2.05) is 96.9 Å². The van der Waals surface area contributed by atoms with Crippen molar-refractivity contribution < 1.29 is 24.5 Å². The van der Waals surface area contributed by atoms with Gasteiger partial charge in [-0.3, -0.25) is 9.59 Å². The molecule has 0 spiro atoms. The second-order valence-corrected chi connectivity index (χ2v) is 11.6. The van der Waals surface area contributed by atoms with Crippen LogP contribution in [0.4, 0.5) is 5.69 Å². The molecule has 3 aromatic rings. The Morgan fingerprint density at radius 1 is 0.927 bits per heavy atom. The maximum atomic E-state index is 13.4. The van der Waals surface area contributed by atoms with Gasteiger partial charge in [-0.05, 0) is 59.7 Å². The molecule has 8 nitrogen and oxygen atoms in total. The highest BCUT2D eigenvalue weighted by atomic mass is 32.2. The van der Waals surface area contributed by atoms with Crippen molar-refractivity contribution in [1.29, 1.82) is 0 Å². The Kier molecular flexibility index (Phi) is 13.2. The van der Waals surface area contributed by atoms with Gasteiger partial charge in [0, 0.05) is 30.7 Å². The molecule has 41 heavy (non-hydrogen) atoms. The zero-order valence-electron chi connectivity index (χ0n) is 23.9. The van der Waals surface area contributed by atoms with Gasteiger partial charge in [0.05, 0.1) is 25.3 Å². The topological polar surface area (TPSA) is 102 Å². The molecule has 9 heteroatoms. The van der Waals surface area contributed by atoms with Gasteiger partial charge < -0.3 is 25.2 Å². The van der Waals surface area contributed by atoms with Gasteiger partial charge >= 0.3 is 0 Å². The summed E-state index contributed by atoms with van der Waals surface area (Å²) in [5.41, 5.74) is 2.68. The molecule has 0 bridgehead atoms. The van der Waals surface area contributed by atoms with Crippen molar-refractivity contribution in [1.82, 2.24) is 9.62 Å². The lowest BCUT2D eigenvalue weighted by Crippen LogP contribution is -2.53. The number of aliphatic hydroxyl groups is 2. The van der Waals surface area contributed by atoms with Crippen molar-refractivity contribution >= 4 is 30.0 Å². The van der Waals surface area contributed by atoms with Gasteiger partial charge in [0.1, 0.15) is 0 Å². The monoisotopic (exact) mass is 579 g/mol. The predicted octanol–water partition coefficient (Wildman–Crippen LogP) is 3.91. The molecule has 3 rings (SSSR count). The van der Waals surface area contributed by atoms with Gasteiger partial charge in [-0.2, -0.15) is 0 Å². The van der Waals surface area contributed by atoms with Gasteiger partial charge in [0.25, 0.3) is 12.4 Å². The number of likely N-dealkylation sites (N-methyl/N-ethyl adjacent to an activating group) is 1. The number of aliphatic hydroxyl groups excluding tert-OH is 2. The number of rotatable bonds is 17. The molecule has 0 fully saturated rings. The van der Waals surface area contributed by atoms with Crippen molar-refractivity contribution in [3.8, 4) is 0 Å². The van der Waals surface area contributed by atoms with Gasteiger partial charge in [-0.15, -0.1) is 0 Å². The molecule has 1 amide bonds. The highest BCUT2D eigenvalue weighted by Crippen LogP contribution is 2.25. The van der Waals surface area contributed by atoms with Crippen LogP contribution in [0.5, 0.6) is 0 Å². The maximum absolute atomic E-state index is 13.4. The van der Waals surface area contributed by atoms with E-state index >= 15 is 0 Å². The first-order valence-electron chi connectivity index (χ1n) is 13.8. The first-order chi connectivity index (χ1) is 19.8. The fourth-order valence-electron chi connectivity index (χ4n) is 4.42.